The van der Waals surface area contributed by atoms with E-state index in [-0.39, 0.29) is 5.91 Å². The molecule has 1 N–H and O–H groups in total. The van der Waals surface area contributed by atoms with Crippen molar-refractivity contribution < 1.29 is 4.79 Å². The third kappa shape index (κ3) is 3.71. The summed E-state index contributed by atoms with van der Waals surface area (Å²) in [7, 11) is 3.96. The molecule has 6 heteroatoms. The number of carbonyl (C=O) groups is 1. The van der Waals surface area contributed by atoms with Crippen LogP contribution in [0.3, 0.4) is 0 Å². The lowest BCUT2D eigenvalue weighted by atomic mass is 10.1. The van der Waals surface area contributed by atoms with Crippen LogP contribution in [0, 0.1) is 0 Å². The van der Waals surface area contributed by atoms with E-state index < -0.39 is 0 Å². The van der Waals surface area contributed by atoms with Crippen molar-refractivity contribution in [1.29, 1.82) is 0 Å². The number of rotatable bonds is 4. The summed E-state index contributed by atoms with van der Waals surface area (Å²) in [5.74, 6) is 1.02. The van der Waals surface area contributed by atoms with Gasteiger partial charge in [-0.15, -0.1) is 0 Å². The summed E-state index contributed by atoms with van der Waals surface area (Å²) in [4.78, 5) is 19.0. The van der Waals surface area contributed by atoms with Gasteiger partial charge < -0.3 is 14.7 Å². The van der Waals surface area contributed by atoms with Gasteiger partial charge in [0.1, 0.15) is 0 Å². The number of nitrogens with zero attached hydrogens (tertiary/aromatic N) is 4. The maximum Gasteiger partial charge on any atom is 0.254 e. The first-order chi connectivity index (χ1) is 13.6. The molecule has 1 aliphatic rings. The van der Waals surface area contributed by atoms with Crippen molar-refractivity contribution in [3.05, 3.63) is 66.2 Å². The van der Waals surface area contributed by atoms with Crippen LogP contribution in [0.15, 0.2) is 60.7 Å². The predicted octanol–water partition coefficient (Wildman–Crippen LogP) is 3.11. The summed E-state index contributed by atoms with van der Waals surface area (Å²) in [6.07, 6.45) is 0. The van der Waals surface area contributed by atoms with Gasteiger partial charge in [0.2, 0.25) is 0 Å². The zero-order valence-corrected chi connectivity index (χ0v) is 16.3. The Labute approximate surface area is 165 Å². The maximum atomic E-state index is 12.9. The van der Waals surface area contributed by atoms with Crippen LogP contribution in [0.2, 0.25) is 0 Å². The van der Waals surface area contributed by atoms with Crippen molar-refractivity contribution in [3.8, 4) is 11.3 Å². The van der Waals surface area contributed by atoms with Gasteiger partial charge >= 0.3 is 0 Å². The first-order valence-corrected chi connectivity index (χ1v) is 9.54. The molecule has 4 rings (SSSR count). The van der Waals surface area contributed by atoms with Gasteiger partial charge in [0, 0.05) is 57.6 Å². The van der Waals surface area contributed by atoms with Crippen LogP contribution in [0.1, 0.15) is 10.4 Å². The van der Waals surface area contributed by atoms with Crippen LogP contribution in [-0.2, 0) is 0 Å². The van der Waals surface area contributed by atoms with Crippen LogP contribution in [0.4, 0.5) is 11.5 Å². The van der Waals surface area contributed by atoms with Gasteiger partial charge in [-0.05, 0) is 23.8 Å². The molecule has 1 aliphatic heterocycles. The average Bonchev–Trinajstić information content (AvgIpc) is 3.24. The second kappa shape index (κ2) is 7.76. The number of H-pyrrole nitrogens is 1. The summed E-state index contributed by atoms with van der Waals surface area (Å²) in [5, 5.41) is 7.59. The fourth-order valence-corrected chi connectivity index (χ4v) is 3.48. The Morgan fingerprint density at radius 1 is 0.964 bits per heavy atom. The molecule has 0 saturated carbocycles. The maximum absolute atomic E-state index is 12.9. The van der Waals surface area contributed by atoms with E-state index in [9.17, 15) is 4.79 Å². The minimum Gasteiger partial charge on any atom is -0.378 e. The molecule has 0 radical (unpaired) electrons. The van der Waals surface area contributed by atoms with E-state index in [1.165, 1.54) is 0 Å². The Morgan fingerprint density at radius 3 is 2.43 bits per heavy atom. The molecule has 0 bridgehead atoms. The molecule has 3 aromatic rings. The number of aromatic nitrogens is 2. The first-order valence-electron chi connectivity index (χ1n) is 9.54. The number of benzene rings is 2. The Morgan fingerprint density at radius 2 is 1.71 bits per heavy atom. The molecule has 1 amide bonds. The molecular weight excluding hydrogens is 350 g/mol. The number of piperazine rings is 1. The molecule has 0 unspecified atom stereocenters. The number of anilines is 2. The number of aromatic amines is 1. The van der Waals surface area contributed by atoms with E-state index >= 15 is 0 Å². The zero-order valence-electron chi connectivity index (χ0n) is 16.3. The van der Waals surface area contributed by atoms with E-state index in [1.807, 2.05) is 66.4 Å². The third-order valence-electron chi connectivity index (χ3n) is 5.15. The second-order valence-electron chi connectivity index (χ2n) is 7.23. The third-order valence-corrected chi connectivity index (χ3v) is 5.15. The van der Waals surface area contributed by atoms with Crippen LogP contribution >= 0.6 is 0 Å². The normalized spacial score (nSPS) is 14.2. The van der Waals surface area contributed by atoms with Crippen molar-refractivity contribution in [2.45, 2.75) is 0 Å². The van der Waals surface area contributed by atoms with Gasteiger partial charge in [0.05, 0.1) is 5.69 Å². The molecule has 2 heterocycles. The highest BCUT2D eigenvalue weighted by Crippen LogP contribution is 2.23. The Kier molecular flexibility index (Phi) is 5.02. The second-order valence-corrected chi connectivity index (χ2v) is 7.23. The lowest BCUT2D eigenvalue weighted by Crippen LogP contribution is -2.49. The van der Waals surface area contributed by atoms with Crippen molar-refractivity contribution in [2.75, 3.05) is 50.1 Å². The van der Waals surface area contributed by atoms with E-state index in [0.29, 0.717) is 13.1 Å². The lowest BCUT2D eigenvalue weighted by molar-refractivity contribution is 0.0746. The van der Waals surface area contributed by atoms with Crippen LogP contribution < -0.4 is 9.80 Å². The Balaban J connectivity index is 1.40. The highest BCUT2D eigenvalue weighted by atomic mass is 16.2. The van der Waals surface area contributed by atoms with Crippen molar-refractivity contribution in [2.24, 2.45) is 0 Å². The molecule has 0 atom stereocenters. The van der Waals surface area contributed by atoms with Gasteiger partial charge in [0.15, 0.2) is 5.82 Å². The van der Waals surface area contributed by atoms with Crippen LogP contribution in [0.25, 0.3) is 11.3 Å². The summed E-state index contributed by atoms with van der Waals surface area (Å²) >= 11 is 0. The van der Waals surface area contributed by atoms with E-state index in [2.05, 4.69) is 33.3 Å². The minimum atomic E-state index is 0.0929. The minimum absolute atomic E-state index is 0.0929. The first kappa shape index (κ1) is 18.1. The van der Waals surface area contributed by atoms with Gasteiger partial charge in [-0.25, -0.2) is 0 Å². The highest BCUT2D eigenvalue weighted by molar-refractivity contribution is 5.95. The molecule has 28 heavy (non-hydrogen) atoms. The summed E-state index contributed by atoms with van der Waals surface area (Å²) in [5.41, 5.74) is 3.91. The number of nitrogens with one attached hydrogen (secondary N) is 1. The van der Waals surface area contributed by atoms with E-state index in [4.69, 9.17) is 0 Å². The molecule has 0 aliphatic carbocycles. The van der Waals surface area contributed by atoms with Gasteiger partial charge in [-0.1, -0.05) is 36.4 Å². The van der Waals surface area contributed by atoms with Crippen LogP contribution in [0.5, 0.6) is 0 Å². The highest BCUT2D eigenvalue weighted by Gasteiger charge is 2.23. The summed E-state index contributed by atoms with van der Waals surface area (Å²) in [6, 6.07) is 20.0. The van der Waals surface area contributed by atoms with Gasteiger partial charge in [0.25, 0.3) is 5.91 Å². The van der Waals surface area contributed by atoms with Gasteiger partial charge in [-0.3, -0.25) is 9.89 Å². The zero-order chi connectivity index (χ0) is 19.5. The average molecular weight is 375 g/mol. The topological polar surface area (TPSA) is 55.5 Å². The quantitative estimate of drug-likeness (QED) is 0.761. The van der Waals surface area contributed by atoms with Crippen molar-refractivity contribution in [3.63, 3.8) is 0 Å². The molecule has 144 valence electrons. The SMILES string of the molecule is CN(C)c1cccc(C(=O)N2CCN(c3cc(-c4ccccc4)[nH]n3)CC2)c1. The van der Waals surface area contributed by atoms with E-state index in [0.717, 1.165) is 41.4 Å². The van der Waals surface area contributed by atoms with E-state index in [1.54, 1.807) is 0 Å². The standard InChI is InChI=1S/C22H25N5O/c1-25(2)19-10-6-9-18(15-19)22(28)27-13-11-26(12-14-27)21-16-20(23-24-21)17-7-4-3-5-8-17/h3-10,15-16H,11-14H2,1-2H3,(H,23,24). The molecule has 1 fully saturated rings. The van der Waals surface area contributed by atoms with Crippen molar-refractivity contribution >= 4 is 17.4 Å². The molecule has 0 spiro atoms. The molecule has 1 aromatic heterocycles. The predicted molar refractivity (Wildman–Crippen MR) is 113 cm³/mol. The largest absolute Gasteiger partial charge is 0.378 e. The fourth-order valence-electron chi connectivity index (χ4n) is 3.48. The van der Waals surface area contributed by atoms with Crippen LogP contribution in [-0.4, -0.2) is 61.3 Å². The Bertz CT molecular complexity index is 942. The van der Waals surface area contributed by atoms with Crippen molar-refractivity contribution in [1.82, 2.24) is 15.1 Å². The fraction of sp³-hybridized carbons (Fsp3) is 0.273. The lowest BCUT2D eigenvalue weighted by Gasteiger charge is -2.35. The molecule has 1 saturated heterocycles. The Hall–Kier alpha value is -3.28. The number of hydrogen-bond acceptors (Lipinski definition) is 4. The molecular formula is C22H25N5O. The summed E-state index contributed by atoms with van der Waals surface area (Å²) < 4.78 is 0. The summed E-state index contributed by atoms with van der Waals surface area (Å²) in [6.45, 7) is 2.94. The van der Waals surface area contributed by atoms with Gasteiger partial charge in [-0.2, -0.15) is 5.10 Å². The molecule has 6 nitrogen and oxygen atoms in total. The number of carbonyl (C=O) groups excluding carboxylic acids is 1. The smallest absolute Gasteiger partial charge is 0.254 e. The number of hydrogen-bond donors (Lipinski definition) is 1. The number of amides is 1. The molecule has 2 aromatic carbocycles. The monoisotopic (exact) mass is 375 g/mol.